The normalized spacial score (nSPS) is 14.3. The van der Waals surface area contributed by atoms with Gasteiger partial charge in [-0.3, -0.25) is 0 Å². The summed E-state index contributed by atoms with van der Waals surface area (Å²) in [5.74, 6) is 0. The molecule has 0 fully saturated rings. The molecule has 0 aliphatic rings. The van der Waals surface area contributed by atoms with E-state index in [0.717, 1.165) is 25.7 Å². The molecule has 0 bridgehead atoms. The van der Waals surface area contributed by atoms with Crippen molar-refractivity contribution in [3.63, 3.8) is 0 Å². The number of aliphatic hydroxyl groups excluding tert-OH is 1. The molecule has 1 aromatic carbocycles. The molecule has 3 heteroatoms. The highest BCUT2D eigenvalue weighted by molar-refractivity contribution is 7.12. The Bertz CT molecular complexity index is 586. The minimum atomic E-state index is -0.477. The monoisotopic (exact) mass is 315 g/mol. The Balaban J connectivity index is 1.78. The molecule has 118 valence electrons. The molecule has 0 radical (unpaired) electrons. The minimum Gasteiger partial charge on any atom is -0.394 e. The fourth-order valence-corrected chi connectivity index (χ4v) is 3.14. The summed E-state index contributed by atoms with van der Waals surface area (Å²) >= 11 is 1.81. The van der Waals surface area contributed by atoms with Gasteiger partial charge in [-0.15, -0.1) is 11.3 Å². The summed E-state index contributed by atoms with van der Waals surface area (Å²) in [6.07, 6.45) is 8.31. The number of benzene rings is 1. The van der Waals surface area contributed by atoms with Crippen molar-refractivity contribution >= 4 is 17.4 Å². The predicted molar refractivity (Wildman–Crippen MR) is 96.1 cm³/mol. The van der Waals surface area contributed by atoms with E-state index < -0.39 is 5.54 Å². The lowest BCUT2D eigenvalue weighted by molar-refractivity contribution is 0.201. The molecule has 1 atom stereocenters. The number of rotatable bonds is 8. The van der Waals surface area contributed by atoms with E-state index in [-0.39, 0.29) is 6.61 Å². The van der Waals surface area contributed by atoms with Gasteiger partial charge in [0.2, 0.25) is 0 Å². The molecule has 0 spiro atoms. The van der Waals surface area contributed by atoms with E-state index >= 15 is 0 Å². The molecular formula is C19H25NOS. The molecule has 0 saturated heterocycles. The maximum absolute atomic E-state index is 9.18. The van der Waals surface area contributed by atoms with E-state index in [2.05, 4.69) is 54.6 Å². The van der Waals surface area contributed by atoms with Crippen molar-refractivity contribution in [3.05, 3.63) is 63.9 Å². The number of hydrogen-bond donors (Lipinski definition) is 2. The minimum absolute atomic E-state index is 0.0324. The summed E-state index contributed by atoms with van der Waals surface area (Å²) in [6, 6.07) is 14.9. The molecule has 1 unspecified atom stereocenters. The third-order valence-corrected chi connectivity index (χ3v) is 4.82. The van der Waals surface area contributed by atoms with Crippen LogP contribution in [-0.4, -0.2) is 17.3 Å². The third-order valence-electron chi connectivity index (χ3n) is 3.71. The van der Waals surface area contributed by atoms with Gasteiger partial charge in [-0.2, -0.15) is 0 Å². The van der Waals surface area contributed by atoms with Gasteiger partial charge in [-0.25, -0.2) is 0 Å². The van der Waals surface area contributed by atoms with Gasteiger partial charge < -0.3 is 10.8 Å². The SMILES string of the molecule is CC(N)(CO)CCc1ccc(/C=C/CCc2ccccc2)s1. The van der Waals surface area contributed by atoms with Gasteiger partial charge in [0.25, 0.3) is 0 Å². The van der Waals surface area contributed by atoms with E-state index in [1.807, 2.05) is 6.92 Å². The molecule has 1 aromatic heterocycles. The molecule has 1 heterocycles. The molecule has 22 heavy (non-hydrogen) atoms. The summed E-state index contributed by atoms with van der Waals surface area (Å²) in [6.45, 7) is 1.93. The van der Waals surface area contributed by atoms with Crippen LogP contribution in [0.15, 0.2) is 48.5 Å². The quantitative estimate of drug-likeness (QED) is 0.772. The van der Waals surface area contributed by atoms with E-state index in [1.54, 1.807) is 11.3 Å². The van der Waals surface area contributed by atoms with Crippen molar-refractivity contribution in [2.24, 2.45) is 5.73 Å². The van der Waals surface area contributed by atoms with Crippen LogP contribution in [0.4, 0.5) is 0 Å². The van der Waals surface area contributed by atoms with Crippen molar-refractivity contribution in [2.75, 3.05) is 6.61 Å². The van der Waals surface area contributed by atoms with Crippen LogP contribution in [0.25, 0.3) is 6.08 Å². The van der Waals surface area contributed by atoms with Crippen LogP contribution in [-0.2, 0) is 12.8 Å². The fraction of sp³-hybridized carbons (Fsp3) is 0.368. The lowest BCUT2D eigenvalue weighted by Crippen LogP contribution is -2.40. The Kier molecular flexibility index (Phi) is 6.37. The van der Waals surface area contributed by atoms with Crippen LogP contribution in [0.5, 0.6) is 0 Å². The maximum Gasteiger partial charge on any atom is 0.0608 e. The first-order chi connectivity index (χ1) is 10.6. The molecule has 0 aliphatic heterocycles. The van der Waals surface area contributed by atoms with Crippen molar-refractivity contribution < 1.29 is 5.11 Å². The smallest absolute Gasteiger partial charge is 0.0608 e. The zero-order valence-corrected chi connectivity index (χ0v) is 14.0. The molecule has 0 saturated carbocycles. The molecule has 2 nitrogen and oxygen atoms in total. The highest BCUT2D eigenvalue weighted by Crippen LogP contribution is 2.21. The maximum atomic E-state index is 9.18. The lowest BCUT2D eigenvalue weighted by Gasteiger charge is -2.20. The largest absolute Gasteiger partial charge is 0.394 e. The number of nitrogens with two attached hydrogens (primary N) is 1. The zero-order valence-electron chi connectivity index (χ0n) is 13.2. The van der Waals surface area contributed by atoms with Gasteiger partial charge >= 0.3 is 0 Å². The average molecular weight is 315 g/mol. The van der Waals surface area contributed by atoms with Gasteiger partial charge in [0, 0.05) is 15.3 Å². The summed E-state index contributed by atoms with van der Waals surface area (Å²) in [5, 5.41) is 9.18. The van der Waals surface area contributed by atoms with Crippen LogP contribution in [0, 0.1) is 0 Å². The Labute approximate surface area is 137 Å². The number of allylic oxidation sites excluding steroid dienone is 1. The number of thiophene rings is 1. The highest BCUT2D eigenvalue weighted by Gasteiger charge is 2.16. The second kappa shape index (κ2) is 8.28. The van der Waals surface area contributed by atoms with Gasteiger partial charge in [-0.1, -0.05) is 36.4 Å². The highest BCUT2D eigenvalue weighted by atomic mass is 32.1. The molecule has 0 aliphatic carbocycles. The van der Waals surface area contributed by atoms with Crippen molar-refractivity contribution in [2.45, 2.75) is 38.1 Å². The summed E-state index contributed by atoms with van der Waals surface area (Å²) < 4.78 is 0. The van der Waals surface area contributed by atoms with Gasteiger partial charge in [-0.05, 0) is 56.4 Å². The standard InChI is InChI=1S/C19H25NOS/c1-19(20,15-21)14-13-18-12-11-17(22-18)10-6-5-9-16-7-3-2-4-8-16/h2-4,6-8,10-12,21H,5,9,13-15,20H2,1H3/b10-6+. The first kappa shape index (κ1) is 16.9. The van der Waals surface area contributed by atoms with Crippen molar-refractivity contribution in [1.82, 2.24) is 0 Å². The number of aliphatic hydroxyl groups is 1. The van der Waals surface area contributed by atoms with Crippen LogP contribution >= 0.6 is 11.3 Å². The fourth-order valence-electron chi connectivity index (χ4n) is 2.20. The van der Waals surface area contributed by atoms with Crippen LogP contribution in [0.1, 0.15) is 35.1 Å². The first-order valence-electron chi connectivity index (χ1n) is 7.78. The lowest BCUT2D eigenvalue weighted by atomic mass is 9.98. The van der Waals surface area contributed by atoms with E-state index in [4.69, 9.17) is 5.73 Å². The van der Waals surface area contributed by atoms with E-state index in [1.165, 1.54) is 15.3 Å². The topological polar surface area (TPSA) is 46.2 Å². The van der Waals surface area contributed by atoms with Crippen molar-refractivity contribution in [3.8, 4) is 0 Å². The third kappa shape index (κ3) is 5.76. The van der Waals surface area contributed by atoms with Crippen LogP contribution < -0.4 is 5.73 Å². The first-order valence-corrected chi connectivity index (χ1v) is 8.60. The number of aryl methyl sites for hydroxylation is 2. The Morgan fingerprint density at radius 2 is 1.91 bits per heavy atom. The summed E-state index contributed by atoms with van der Waals surface area (Å²) in [5.41, 5.74) is 6.87. The summed E-state index contributed by atoms with van der Waals surface area (Å²) in [4.78, 5) is 2.61. The van der Waals surface area contributed by atoms with E-state index in [0.29, 0.717) is 0 Å². The second-order valence-corrected chi connectivity index (χ2v) is 7.24. The number of hydrogen-bond acceptors (Lipinski definition) is 3. The predicted octanol–water partition coefficient (Wildman–Crippen LogP) is 4.04. The van der Waals surface area contributed by atoms with Crippen LogP contribution in [0.2, 0.25) is 0 Å². The Hall–Kier alpha value is -1.42. The molecule has 2 rings (SSSR count). The molecule has 0 amide bonds. The molecule has 3 N–H and O–H groups in total. The Morgan fingerprint density at radius 1 is 1.14 bits per heavy atom. The molecular weight excluding hydrogens is 290 g/mol. The average Bonchev–Trinajstić information content (AvgIpc) is 2.99. The second-order valence-electron chi connectivity index (χ2n) is 6.04. The zero-order chi connectivity index (χ0) is 15.8. The van der Waals surface area contributed by atoms with E-state index in [9.17, 15) is 5.11 Å². The van der Waals surface area contributed by atoms with Gasteiger partial charge in [0.15, 0.2) is 0 Å². The molecule has 2 aromatic rings. The van der Waals surface area contributed by atoms with Crippen LogP contribution in [0.3, 0.4) is 0 Å². The van der Waals surface area contributed by atoms with Gasteiger partial charge in [0.05, 0.1) is 6.61 Å². The van der Waals surface area contributed by atoms with Crippen molar-refractivity contribution in [1.29, 1.82) is 0 Å². The van der Waals surface area contributed by atoms with Gasteiger partial charge in [0.1, 0.15) is 0 Å². The summed E-state index contributed by atoms with van der Waals surface area (Å²) in [7, 11) is 0. The Morgan fingerprint density at radius 3 is 2.64 bits per heavy atom.